The molecule has 0 saturated carbocycles. The second-order valence-electron chi connectivity index (χ2n) is 5.38. The molecule has 2 N–H and O–H groups in total. The van der Waals surface area contributed by atoms with Crippen molar-refractivity contribution < 1.29 is 4.79 Å². The lowest BCUT2D eigenvalue weighted by Crippen LogP contribution is -2.52. The molecule has 19 heavy (non-hydrogen) atoms. The molecule has 1 saturated heterocycles. The molecule has 104 valence electrons. The van der Waals surface area contributed by atoms with Crippen LogP contribution in [0, 0.1) is 0 Å². The fraction of sp³-hybridized carbons (Fsp3) is 0.533. The van der Waals surface area contributed by atoms with Gasteiger partial charge in [-0.15, -0.1) is 0 Å². The third-order valence-corrected chi connectivity index (χ3v) is 3.80. The Bertz CT molecular complexity index is 413. The van der Waals surface area contributed by atoms with Crippen LogP contribution in [0.2, 0.25) is 0 Å². The lowest BCUT2D eigenvalue weighted by Gasteiger charge is -2.25. The van der Waals surface area contributed by atoms with Gasteiger partial charge in [0.25, 0.3) is 0 Å². The maximum atomic E-state index is 12.1. The molecule has 1 fully saturated rings. The number of hydrogen-bond donors (Lipinski definition) is 2. The Morgan fingerprint density at radius 3 is 2.79 bits per heavy atom. The highest BCUT2D eigenvalue weighted by molar-refractivity contribution is 5.86. The smallest absolute Gasteiger partial charge is 0.240 e. The van der Waals surface area contributed by atoms with E-state index in [-0.39, 0.29) is 11.4 Å². The summed E-state index contributed by atoms with van der Waals surface area (Å²) in [5.74, 6) is 0.117. The van der Waals surface area contributed by atoms with Gasteiger partial charge in [0.15, 0.2) is 0 Å². The summed E-state index contributed by atoms with van der Waals surface area (Å²) in [6.45, 7) is 4.40. The van der Waals surface area contributed by atoms with Crippen LogP contribution in [0.4, 0.5) is 5.69 Å². The minimum Gasteiger partial charge on any atom is -0.373 e. The van der Waals surface area contributed by atoms with E-state index < -0.39 is 0 Å². The number of hydrogen-bond acceptors (Lipinski definition) is 3. The minimum absolute atomic E-state index is 0.117. The van der Waals surface area contributed by atoms with Gasteiger partial charge in [-0.3, -0.25) is 4.79 Å². The standard InChI is InChI=1S/C15H23N3O/c1-15(9-6-10-17-15)14(19)16-11-12-18(2)13-7-4-3-5-8-13/h3-5,7-8,17H,6,9-12H2,1-2H3,(H,16,19). The topological polar surface area (TPSA) is 44.4 Å². The molecule has 4 nitrogen and oxygen atoms in total. The number of carbonyl (C=O) groups excluding carboxylic acids is 1. The minimum atomic E-state index is -0.370. The van der Waals surface area contributed by atoms with Crippen LogP contribution >= 0.6 is 0 Å². The van der Waals surface area contributed by atoms with Crippen LogP contribution in [-0.4, -0.2) is 38.1 Å². The molecular formula is C15H23N3O. The van der Waals surface area contributed by atoms with Crippen LogP contribution < -0.4 is 15.5 Å². The fourth-order valence-corrected chi connectivity index (χ4v) is 2.43. The molecule has 1 aliphatic heterocycles. The first kappa shape index (κ1) is 13.9. The largest absolute Gasteiger partial charge is 0.373 e. The molecule has 2 rings (SSSR count). The van der Waals surface area contributed by atoms with Crippen LogP contribution in [0.15, 0.2) is 30.3 Å². The normalized spacial score (nSPS) is 22.2. The average Bonchev–Trinajstić information content (AvgIpc) is 2.88. The third kappa shape index (κ3) is 3.47. The van der Waals surface area contributed by atoms with Crippen molar-refractivity contribution in [1.82, 2.24) is 10.6 Å². The predicted octanol–water partition coefficient (Wildman–Crippen LogP) is 1.38. The zero-order valence-electron chi connectivity index (χ0n) is 11.8. The Labute approximate surface area is 115 Å². The maximum Gasteiger partial charge on any atom is 0.240 e. The number of nitrogens with one attached hydrogen (secondary N) is 2. The van der Waals surface area contributed by atoms with Crippen molar-refractivity contribution in [3.63, 3.8) is 0 Å². The summed E-state index contributed by atoms with van der Waals surface area (Å²) in [5.41, 5.74) is 0.799. The van der Waals surface area contributed by atoms with Gasteiger partial charge in [0, 0.05) is 25.8 Å². The molecule has 1 heterocycles. The molecule has 4 heteroatoms. The first-order valence-corrected chi connectivity index (χ1v) is 6.91. The van der Waals surface area contributed by atoms with Crippen molar-refractivity contribution in [2.24, 2.45) is 0 Å². The SMILES string of the molecule is CN(CCNC(=O)C1(C)CCCN1)c1ccccc1. The van der Waals surface area contributed by atoms with E-state index in [4.69, 9.17) is 0 Å². The van der Waals surface area contributed by atoms with E-state index in [1.165, 1.54) is 5.69 Å². The van der Waals surface area contributed by atoms with E-state index in [2.05, 4.69) is 27.7 Å². The molecule has 1 unspecified atom stereocenters. The van der Waals surface area contributed by atoms with E-state index in [1.54, 1.807) is 0 Å². The zero-order valence-corrected chi connectivity index (χ0v) is 11.8. The lowest BCUT2D eigenvalue weighted by atomic mass is 9.99. The molecule has 0 bridgehead atoms. The molecule has 0 radical (unpaired) electrons. The van der Waals surface area contributed by atoms with Crippen molar-refractivity contribution in [1.29, 1.82) is 0 Å². The van der Waals surface area contributed by atoms with Gasteiger partial charge in [-0.2, -0.15) is 0 Å². The quantitative estimate of drug-likeness (QED) is 0.841. The van der Waals surface area contributed by atoms with Crippen molar-refractivity contribution >= 4 is 11.6 Å². The number of carbonyl (C=O) groups is 1. The number of nitrogens with zero attached hydrogens (tertiary/aromatic N) is 1. The number of anilines is 1. The number of amides is 1. The molecule has 1 amide bonds. The summed E-state index contributed by atoms with van der Waals surface area (Å²) in [6.07, 6.45) is 2.00. The summed E-state index contributed by atoms with van der Waals surface area (Å²) >= 11 is 0. The molecule has 0 spiro atoms. The first-order chi connectivity index (χ1) is 9.12. The summed E-state index contributed by atoms with van der Waals surface area (Å²) in [7, 11) is 2.04. The van der Waals surface area contributed by atoms with Crippen LogP contribution in [0.3, 0.4) is 0 Å². The maximum absolute atomic E-state index is 12.1. The van der Waals surface area contributed by atoms with Crippen molar-refractivity contribution in [3.05, 3.63) is 30.3 Å². The molecule has 0 aromatic heterocycles. The number of likely N-dealkylation sites (N-methyl/N-ethyl adjacent to an activating group) is 1. The highest BCUT2D eigenvalue weighted by atomic mass is 16.2. The van der Waals surface area contributed by atoms with Crippen molar-refractivity contribution in [2.75, 3.05) is 31.6 Å². The van der Waals surface area contributed by atoms with Crippen LogP contribution in [0.1, 0.15) is 19.8 Å². The second kappa shape index (κ2) is 6.06. The van der Waals surface area contributed by atoms with Gasteiger partial charge in [0.1, 0.15) is 0 Å². The summed E-state index contributed by atoms with van der Waals surface area (Å²) < 4.78 is 0. The Balaban J connectivity index is 1.76. The second-order valence-corrected chi connectivity index (χ2v) is 5.38. The Morgan fingerprint density at radius 2 is 2.16 bits per heavy atom. The molecular weight excluding hydrogens is 238 g/mol. The highest BCUT2D eigenvalue weighted by Crippen LogP contribution is 2.18. The van der Waals surface area contributed by atoms with E-state index in [0.29, 0.717) is 6.54 Å². The van der Waals surface area contributed by atoms with Crippen molar-refractivity contribution in [3.8, 4) is 0 Å². The predicted molar refractivity (Wildman–Crippen MR) is 78.4 cm³/mol. The Hall–Kier alpha value is -1.55. The fourth-order valence-electron chi connectivity index (χ4n) is 2.43. The van der Waals surface area contributed by atoms with E-state index in [1.807, 2.05) is 32.2 Å². The molecule has 0 aliphatic carbocycles. The zero-order chi connectivity index (χ0) is 13.7. The Kier molecular flexibility index (Phi) is 4.43. The van der Waals surface area contributed by atoms with Gasteiger partial charge in [0.05, 0.1) is 5.54 Å². The van der Waals surface area contributed by atoms with Crippen molar-refractivity contribution in [2.45, 2.75) is 25.3 Å². The van der Waals surface area contributed by atoms with Crippen LogP contribution in [-0.2, 0) is 4.79 Å². The van der Waals surface area contributed by atoms with Gasteiger partial charge in [-0.1, -0.05) is 18.2 Å². The van der Waals surface area contributed by atoms with Crippen LogP contribution in [0.5, 0.6) is 0 Å². The van der Waals surface area contributed by atoms with E-state index >= 15 is 0 Å². The van der Waals surface area contributed by atoms with Gasteiger partial charge in [0.2, 0.25) is 5.91 Å². The first-order valence-electron chi connectivity index (χ1n) is 6.91. The summed E-state index contributed by atoms with van der Waals surface area (Å²) in [4.78, 5) is 14.2. The van der Waals surface area contributed by atoms with E-state index in [9.17, 15) is 4.79 Å². The number of rotatable bonds is 5. The number of para-hydroxylation sites is 1. The molecule has 1 atom stereocenters. The third-order valence-electron chi connectivity index (χ3n) is 3.80. The molecule has 1 aliphatic rings. The molecule has 1 aromatic rings. The van der Waals surface area contributed by atoms with Gasteiger partial charge < -0.3 is 15.5 Å². The van der Waals surface area contributed by atoms with Crippen LogP contribution in [0.25, 0.3) is 0 Å². The highest BCUT2D eigenvalue weighted by Gasteiger charge is 2.35. The summed E-state index contributed by atoms with van der Waals surface area (Å²) in [5, 5.41) is 6.30. The molecule has 1 aromatic carbocycles. The monoisotopic (exact) mass is 261 g/mol. The van der Waals surface area contributed by atoms with Gasteiger partial charge in [-0.05, 0) is 38.4 Å². The van der Waals surface area contributed by atoms with Gasteiger partial charge >= 0.3 is 0 Å². The van der Waals surface area contributed by atoms with Gasteiger partial charge in [-0.25, -0.2) is 0 Å². The van der Waals surface area contributed by atoms with E-state index in [0.717, 1.165) is 25.9 Å². The Morgan fingerprint density at radius 1 is 1.42 bits per heavy atom. The lowest BCUT2D eigenvalue weighted by molar-refractivity contribution is -0.126. The summed E-state index contributed by atoms with van der Waals surface area (Å²) in [6, 6.07) is 10.2. The average molecular weight is 261 g/mol. The number of benzene rings is 1.